The van der Waals surface area contributed by atoms with E-state index >= 15 is 0 Å². The van der Waals surface area contributed by atoms with E-state index in [1.165, 1.54) is 15.9 Å². The summed E-state index contributed by atoms with van der Waals surface area (Å²) in [5.41, 5.74) is 2.83. The molecule has 0 aliphatic carbocycles. The molecule has 0 fully saturated rings. The summed E-state index contributed by atoms with van der Waals surface area (Å²) in [6, 6.07) is 5.22. The molecule has 2 aromatic heterocycles. The zero-order chi connectivity index (χ0) is 16.0. The van der Waals surface area contributed by atoms with E-state index in [9.17, 15) is 9.59 Å². The Kier molecular flexibility index (Phi) is 3.37. The highest BCUT2D eigenvalue weighted by Gasteiger charge is 2.13. The highest BCUT2D eigenvalue weighted by molar-refractivity contribution is 7.15. The number of benzene rings is 1. The molecular weight excluding hydrogens is 300 g/mol. The standard InChI is InChI=1S/C15H16N4O2S/c1-8-9(2)22-14(16-8)17-13(20)10-5-6-11-12(7-10)19(4)15(21)18(11)3/h5-7H,1-4H3,(H,16,17,20). The third-order valence-corrected chi connectivity index (χ3v) is 4.77. The number of carbonyl (C=O) groups excluding carboxylic acids is 1. The monoisotopic (exact) mass is 316 g/mol. The average Bonchev–Trinajstić information content (AvgIpc) is 2.91. The summed E-state index contributed by atoms with van der Waals surface area (Å²) < 4.78 is 3.09. The number of aryl methyl sites for hydroxylation is 4. The fourth-order valence-electron chi connectivity index (χ4n) is 2.34. The van der Waals surface area contributed by atoms with Gasteiger partial charge in [0.15, 0.2) is 5.13 Å². The Morgan fingerprint density at radius 2 is 1.86 bits per heavy atom. The van der Waals surface area contributed by atoms with Crippen molar-refractivity contribution in [2.75, 3.05) is 5.32 Å². The summed E-state index contributed by atoms with van der Waals surface area (Å²) in [6.45, 7) is 3.88. The first-order chi connectivity index (χ1) is 10.4. The minimum atomic E-state index is -0.230. The van der Waals surface area contributed by atoms with Gasteiger partial charge in [-0.2, -0.15) is 0 Å². The molecule has 0 radical (unpaired) electrons. The lowest BCUT2D eigenvalue weighted by Crippen LogP contribution is -2.19. The molecule has 3 aromatic rings. The van der Waals surface area contributed by atoms with E-state index in [1.807, 2.05) is 13.8 Å². The molecule has 7 heteroatoms. The largest absolute Gasteiger partial charge is 0.328 e. The predicted octanol–water partition coefficient (Wildman–Crippen LogP) is 2.20. The highest BCUT2D eigenvalue weighted by Crippen LogP contribution is 2.22. The summed E-state index contributed by atoms with van der Waals surface area (Å²) in [7, 11) is 3.41. The van der Waals surface area contributed by atoms with Crippen molar-refractivity contribution in [1.82, 2.24) is 14.1 Å². The SMILES string of the molecule is Cc1nc(NC(=O)c2ccc3c(c2)n(C)c(=O)n3C)sc1C. The zero-order valence-electron chi connectivity index (χ0n) is 12.8. The van der Waals surface area contributed by atoms with Crippen molar-refractivity contribution in [2.24, 2.45) is 14.1 Å². The molecule has 1 N–H and O–H groups in total. The van der Waals surface area contributed by atoms with Crippen LogP contribution in [0.2, 0.25) is 0 Å². The minimum absolute atomic E-state index is 0.112. The number of hydrogen-bond donors (Lipinski definition) is 1. The quantitative estimate of drug-likeness (QED) is 0.788. The van der Waals surface area contributed by atoms with Crippen molar-refractivity contribution in [3.63, 3.8) is 0 Å². The first-order valence-electron chi connectivity index (χ1n) is 6.79. The molecule has 0 saturated carbocycles. The van der Waals surface area contributed by atoms with E-state index < -0.39 is 0 Å². The fourth-order valence-corrected chi connectivity index (χ4v) is 3.15. The molecule has 2 heterocycles. The molecule has 114 valence electrons. The Labute approximate surface area is 131 Å². The Bertz CT molecular complexity index is 929. The van der Waals surface area contributed by atoms with E-state index in [4.69, 9.17) is 0 Å². The molecule has 0 aliphatic heterocycles. The summed E-state index contributed by atoms with van der Waals surface area (Å²) >= 11 is 1.45. The van der Waals surface area contributed by atoms with E-state index in [1.54, 1.807) is 36.9 Å². The van der Waals surface area contributed by atoms with Crippen molar-refractivity contribution < 1.29 is 4.79 Å². The molecule has 0 saturated heterocycles. The van der Waals surface area contributed by atoms with Crippen LogP contribution in [0.15, 0.2) is 23.0 Å². The maximum atomic E-state index is 12.3. The minimum Gasteiger partial charge on any atom is -0.298 e. The summed E-state index contributed by atoms with van der Waals surface area (Å²) in [5, 5.41) is 3.38. The second kappa shape index (κ2) is 5.10. The molecule has 0 atom stereocenters. The first-order valence-corrected chi connectivity index (χ1v) is 7.61. The molecule has 1 aromatic carbocycles. The van der Waals surface area contributed by atoms with E-state index in [2.05, 4.69) is 10.3 Å². The fraction of sp³-hybridized carbons (Fsp3) is 0.267. The van der Waals surface area contributed by atoms with Gasteiger partial charge in [-0.1, -0.05) is 0 Å². The number of aromatic nitrogens is 3. The Morgan fingerprint density at radius 1 is 1.18 bits per heavy atom. The van der Waals surface area contributed by atoms with E-state index in [0.717, 1.165) is 21.6 Å². The summed E-state index contributed by atoms with van der Waals surface area (Å²) in [5.74, 6) is -0.230. The van der Waals surface area contributed by atoms with E-state index in [0.29, 0.717) is 10.7 Å². The second-order valence-electron chi connectivity index (χ2n) is 5.22. The molecule has 0 spiro atoms. The number of thiazole rings is 1. The van der Waals surface area contributed by atoms with Crippen LogP contribution in [0.3, 0.4) is 0 Å². The number of hydrogen-bond acceptors (Lipinski definition) is 4. The normalized spacial score (nSPS) is 11.1. The van der Waals surface area contributed by atoms with Crippen LogP contribution in [-0.2, 0) is 14.1 Å². The predicted molar refractivity (Wildman–Crippen MR) is 87.7 cm³/mol. The van der Waals surface area contributed by atoms with Crippen LogP contribution in [0.1, 0.15) is 20.9 Å². The Morgan fingerprint density at radius 3 is 2.50 bits per heavy atom. The maximum Gasteiger partial charge on any atom is 0.328 e. The van der Waals surface area contributed by atoms with Crippen LogP contribution < -0.4 is 11.0 Å². The van der Waals surface area contributed by atoms with Gasteiger partial charge in [0.05, 0.1) is 16.7 Å². The second-order valence-corrected chi connectivity index (χ2v) is 6.42. The Balaban J connectivity index is 1.97. The van der Waals surface area contributed by atoms with Crippen molar-refractivity contribution in [3.05, 3.63) is 44.8 Å². The van der Waals surface area contributed by atoms with Gasteiger partial charge in [0.1, 0.15) is 0 Å². The molecular formula is C15H16N4O2S. The topological polar surface area (TPSA) is 68.9 Å². The number of fused-ring (bicyclic) bond motifs is 1. The van der Waals surface area contributed by atoms with Crippen molar-refractivity contribution in [1.29, 1.82) is 0 Å². The lowest BCUT2D eigenvalue weighted by atomic mass is 10.2. The lowest BCUT2D eigenvalue weighted by molar-refractivity contribution is 0.102. The van der Waals surface area contributed by atoms with Crippen molar-refractivity contribution in [3.8, 4) is 0 Å². The van der Waals surface area contributed by atoms with Gasteiger partial charge in [-0.05, 0) is 32.0 Å². The van der Waals surface area contributed by atoms with Gasteiger partial charge in [-0.3, -0.25) is 19.2 Å². The molecule has 0 aliphatic rings. The number of carbonyl (C=O) groups is 1. The van der Waals surface area contributed by atoms with Crippen molar-refractivity contribution in [2.45, 2.75) is 13.8 Å². The van der Waals surface area contributed by atoms with Gasteiger partial charge in [-0.15, -0.1) is 11.3 Å². The van der Waals surface area contributed by atoms with Crippen LogP contribution in [0.25, 0.3) is 11.0 Å². The summed E-state index contributed by atoms with van der Waals surface area (Å²) in [6.07, 6.45) is 0. The van der Waals surface area contributed by atoms with E-state index in [-0.39, 0.29) is 11.6 Å². The Hall–Kier alpha value is -2.41. The number of nitrogens with zero attached hydrogens (tertiary/aromatic N) is 3. The van der Waals surface area contributed by atoms with Crippen LogP contribution >= 0.6 is 11.3 Å². The van der Waals surface area contributed by atoms with Gasteiger partial charge in [0.2, 0.25) is 0 Å². The molecule has 22 heavy (non-hydrogen) atoms. The molecule has 0 unspecified atom stereocenters. The van der Waals surface area contributed by atoms with Crippen LogP contribution in [0.5, 0.6) is 0 Å². The number of amides is 1. The zero-order valence-corrected chi connectivity index (χ0v) is 13.6. The van der Waals surface area contributed by atoms with Gasteiger partial charge in [0.25, 0.3) is 5.91 Å². The number of imidazole rings is 1. The van der Waals surface area contributed by atoms with Gasteiger partial charge < -0.3 is 0 Å². The number of nitrogens with one attached hydrogen (secondary N) is 1. The third kappa shape index (κ3) is 2.23. The smallest absolute Gasteiger partial charge is 0.298 e. The number of rotatable bonds is 2. The average molecular weight is 316 g/mol. The molecule has 0 bridgehead atoms. The summed E-state index contributed by atoms with van der Waals surface area (Å²) in [4.78, 5) is 29.6. The first kappa shape index (κ1) is 14.5. The van der Waals surface area contributed by atoms with Crippen molar-refractivity contribution >= 4 is 33.4 Å². The maximum absolute atomic E-state index is 12.3. The van der Waals surface area contributed by atoms with Crippen LogP contribution in [0.4, 0.5) is 5.13 Å². The van der Waals surface area contributed by atoms with Gasteiger partial charge in [-0.25, -0.2) is 9.78 Å². The lowest BCUT2D eigenvalue weighted by Gasteiger charge is -2.03. The van der Waals surface area contributed by atoms with Gasteiger partial charge >= 0.3 is 5.69 Å². The molecule has 6 nitrogen and oxygen atoms in total. The van der Waals surface area contributed by atoms with Crippen LogP contribution in [0, 0.1) is 13.8 Å². The molecule has 1 amide bonds. The third-order valence-electron chi connectivity index (χ3n) is 3.78. The van der Waals surface area contributed by atoms with Gasteiger partial charge in [0, 0.05) is 24.5 Å². The van der Waals surface area contributed by atoms with Crippen LogP contribution in [-0.4, -0.2) is 20.0 Å². The number of anilines is 1. The highest BCUT2D eigenvalue weighted by atomic mass is 32.1. The molecule has 3 rings (SSSR count).